The first-order valence-corrected chi connectivity index (χ1v) is 15.2. The Morgan fingerprint density at radius 3 is 2.39 bits per heavy atom. The van der Waals surface area contributed by atoms with Crippen molar-refractivity contribution >= 4 is 51.7 Å². The molecule has 0 spiro atoms. The fourth-order valence-corrected chi connectivity index (χ4v) is 6.85. The highest BCUT2D eigenvalue weighted by Gasteiger charge is 2.42. The van der Waals surface area contributed by atoms with Gasteiger partial charge in [0.25, 0.3) is 5.91 Å². The van der Waals surface area contributed by atoms with Crippen LogP contribution in [0.4, 0.5) is 14.5 Å². The fraction of sp³-hybridized carbons (Fsp3) is 0.452. The first-order valence-electron chi connectivity index (χ1n) is 14.4. The van der Waals surface area contributed by atoms with Crippen LogP contribution >= 0.6 is 23.2 Å². The maximum atomic E-state index is 16.1. The third-order valence-corrected chi connectivity index (χ3v) is 9.06. The first kappa shape index (κ1) is 32.0. The predicted octanol–water partition coefficient (Wildman–Crippen LogP) is 5.43. The zero-order valence-corrected chi connectivity index (χ0v) is 26.3. The normalized spacial score (nSPS) is 22.6. The Morgan fingerprint density at radius 1 is 1.18 bits per heavy atom. The standard InChI is InChI=1S/C31H34Cl2F2N4O5/c1-5-24(31(42)43)39-15(2)12-37(13-16(39)3)27-23(35)9-19-26(29(27)44-4)38(25-10-22(25)34)14-20(28(19)40)30(41)36-11-17-6-7-18(32)8-21(17)33/h6-9,14-16,22,24-25H,5,10-13H2,1-4H3,(H,36,41)(H,42,43)/t15?,16?,22-,24?,25+/m1/s1. The van der Waals surface area contributed by atoms with Crippen LogP contribution in [0.15, 0.2) is 35.3 Å². The highest BCUT2D eigenvalue weighted by Crippen LogP contribution is 2.46. The number of aromatic nitrogens is 1. The number of alkyl halides is 1. The molecule has 3 aromatic rings. The summed E-state index contributed by atoms with van der Waals surface area (Å²) in [6.45, 7) is 6.17. The van der Waals surface area contributed by atoms with Crippen molar-refractivity contribution in [2.45, 2.75) is 70.5 Å². The molecule has 0 radical (unpaired) electrons. The van der Waals surface area contributed by atoms with Crippen LogP contribution in [-0.4, -0.2) is 70.9 Å². The number of carbonyl (C=O) groups is 2. The van der Waals surface area contributed by atoms with E-state index in [1.54, 1.807) is 17.0 Å². The van der Waals surface area contributed by atoms with Gasteiger partial charge in [0.15, 0.2) is 11.6 Å². The summed E-state index contributed by atoms with van der Waals surface area (Å²) in [7, 11) is 1.35. The number of piperazine rings is 1. The number of pyridine rings is 1. The molecule has 2 heterocycles. The number of benzene rings is 2. The zero-order valence-electron chi connectivity index (χ0n) is 24.7. The van der Waals surface area contributed by atoms with Gasteiger partial charge in [0.2, 0.25) is 5.43 Å². The average molecular weight is 652 g/mol. The van der Waals surface area contributed by atoms with Crippen LogP contribution in [0.1, 0.15) is 55.6 Å². The van der Waals surface area contributed by atoms with Crippen molar-refractivity contribution < 1.29 is 28.2 Å². The molecular formula is C31H34Cl2F2N4O5. The number of amides is 1. The van der Waals surface area contributed by atoms with E-state index >= 15 is 4.39 Å². The number of rotatable bonds is 9. The minimum atomic E-state index is -1.21. The minimum Gasteiger partial charge on any atom is -0.492 e. The Kier molecular flexibility index (Phi) is 9.11. The topological polar surface area (TPSA) is 104 Å². The number of nitrogens with zero attached hydrogens (tertiary/aromatic N) is 3. The molecule has 5 atom stereocenters. The van der Waals surface area contributed by atoms with E-state index in [2.05, 4.69) is 5.32 Å². The summed E-state index contributed by atoms with van der Waals surface area (Å²) in [4.78, 5) is 42.6. The lowest BCUT2D eigenvalue weighted by Crippen LogP contribution is -2.61. The van der Waals surface area contributed by atoms with Crippen molar-refractivity contribution in [3.8, 4) is 5.75 Å². The summed E-state index contributed by atoms with van der Waals surface area (Å²) >= 11 is 12.2. The third kappa shape index (κ3) is 5.84. The molecule has 9 nitrogen and oxygen atoms in total. The number of hydrogen-bond donors (Lipinski definition) is 2. The van der Waals surface area contributed by atoms with Crippen molar-refractivity contribution in [1.82, 2.24) is 14.8 Å². The molecule has 2 aromatic carbocycles. The van der Waals surface area contributed by atoms with Crippen molar-refractivity contribution in [3.63, 3.8) is 0 Å². The first-order chi connectivity index (χ1) is 20.9. The number of hydrogen-bond acceptors (Lipinski definition) is 6. The van der Waals surface area contributed by atoms with Crippen molar-refractivity contribution in [3.05, 3.63) is 67.7 Å². The Bertz CT molecular complexity index is 1670. The maximum Gasteiger partial charge on any atom is 0.320 e. The number of carbonyl (C=O) groups excluding carboxylic acids is 1. The van der Waals surface area contributed by atoms with Gasteiger partial charge in [0.1, 0.15) is 23.5 Å². The van der Waals surface area contributed by atoms with Gasteiger partial charge in [-0.05, 0) is 44.0 Å². The molecule has 1 aromatic heterocycles. The minimum absolute atomic E-state index is 0.00120. The Morgan fingerprint density at radius 2 is 1.84 bits per heavy atom. The lowest BCUT2D eigenvalue weighted by atomic mass is 10.0. The number of nitrogens with one attached hydrogen (secondary N) is 1. The van der Waals surface area contributed by atoms with E-state index in [1.807, 2.05) is 25.7 Å². The predicted molar refractivity (Wildman–Crippen MR) is 166 cm³/mol. The Hall–Kier alpha value is -3.41. The van der Waals surface area contributed by atoms with Crippen LogP contribution in [0.5, 0.6) is 5.75 Å². The van der Waals surface area contributed by atoms with E-state index < -0.39 is 41.4 Å². The monoisotopic (exact) mass is 650 g/mol. The van der Waals surface area contributed by atoms with Gasteiger partial charge in [0, 0.05) is 54.4 Å². The maximum absolute atomic E-state index is 16.1. The molecule has 1 aliphatic heterocycles. The van der Waals surface area contributed by atoms with Gasteiger partial charge >= 0.3 is 5.97 Å². The van der Waals surface area contributed by atoms with Gasteiger partial charge in [-0.3, -0.25) is 19.3 Å². The molecule has 2 fully saturated rings. The quantitative estimate of drug-likeness (QED) is 0.318. The smallest absolute Gasteiger partial charge is 0.320 e. The van der Waals surface area contributed by atoms with Crippen LogP contribution in [0.2, 0.25) is 10.0 Å². The molecule has 1 saturated heterocycles. The van der Waals surface area contributed by atoms with E-state index in [4.69, 9.17) is 27.9 Å². The van der Waals surface area contributed by atoms with Gasteiger partial charge < -0.3 is 24.6 Å². The van der Waals surface area contributed by atoms with E-state index in [0.717, 1.165) is 6.07 Å². The molecule has 1 aliphatic carbocycles. The molecule has 1 saturated carbocycles. The number of ether oxygens (including phenoxy) is 1. The summed E-state index contributed by atoms with van der Waals surface area (Å²) in [6, 6.07) is 4.02. The lowest BCUT2D eigenvalue weighted by Gasteiger charge is -2.47. The van der Waals surface area contributed by atoms with E-state index in [0.29, 0.717) is 35.1 Å². The van der Waals surface area contributed by atoms with Crippen LogP contribution in [0.25, 0.3) is 10.9 Å². The van der Waals surface area contributed by atoms with Crippen LogP contribution in [0.3, 0.4) is 0 Å². The largest absolute Gasteiger partial charge is 0.492 e. The van der Waals surface area contributed by atoms with Crippen molar-refractivity contribution in [1.29, 1.82) is 0 Å². The highest BCUT2D eigenvalue weighted by molar-refractivity contribution is 6.35. The lowest BCUT2D eigenvalue weighted by molar-refractivity contribution is -0.145. The zero-order chi connectivity index (χ0) is 32.0. The van der Waals surface area contributed by atoms with Gasteiger partial charge in [-0.2, -0.15) is 0 Å². The van der Waals surface area contributed by atoms with Crippen LogP contribution < -0.4 is 20.4 Å². The summed E-state index contributed by atoms with van der Waals surface area (Å²) in [5, 5.41) is 13.1. The summed E-state index contributed by atoms with van der Waals surface area (Å²) in [6.07, 6.45) is 0.668. The summed E-state index contributed by atoms with van der Waals surface area (Å²) in [5.74, 6) is -2.33. The van der Waals surface area contributed by atoms with Crippen molar-refractivity contribution in [2.24, 2.45) is 0 Å². The summed E-state index contributed by atoms with van der Waals surface area (Å²) in [5.41, 5.74) is -0.136. The molecule has 2 aliphatic rings. The van der Waals surface area contributed by atoms with Gasteiger partial charge in [-0.1, -0.05) is 36.2 Å². The van der Waals surface area contributed by atoms with Crippen LogP contribution in [0, 0.1) is 5.82 Å². The van der Waals surface area contributed by atoms with Gasteiger partial charge in [0.05, 0.1) is 24.1 Å². The second-order valence-corrected chi connectivity index (χ2v) is 12.3. The number of halogens is 4. The van der Waals surface area contributed by atoms with Crippen molar-refractivity contribution in [2.75, 3.05) is 25.1 Å². The number of carboxylic acids is 1. The Labute approximate surface area is 263 Å². The second-order valence-electron chi connectivity index (χ2n) is 11.5. The molecule has 2 N–H and O–H groups in total. The average Bonchev–Trinajstić information content (AvgIpc) is 3.69. The molecule has 3 unspecified atom stereocenters. The highest BCUT2D eigenvalue weighted by atomic mass is 35.5. The molecule has 13 heteroatoms. The molecular weight excluding hydrogens is 617 g/mol. The Balaban J connectivity index is 1.56. The van der Waals surface area contributed by atoms with Gasteiger partial charge in [-0.15, -0.1) is 0 Å². The SMILES string of the molecule is CCC(C(=O)O)N1C(C)CN(c2c(F)cc3c(=O)c(C(=O)NCc4ccc(Cl)cc4Cl)cn([C@H]4C[C@H]4F)c3c2OC)CC1C. The summed E-state index contributed by atoms with van der Waals surface area (Å²) < 4.78 is 37.8. The number of anilines is 1. The molecule has 236 valence electrons. The molecule has 5 rings (SSSR count). The second kappa shape index (κ2) is 12.5. The number of carboxylic acid groups (broad SMARTS) is 1. The van der Waals surface area contributed by atoms with Crippen LogP contribution in [-0.2, 0) is 11.3 Å². The van der Waals surface area contributed by atoms with E-state index in [9.17, 15) is 23.9 Å². The third-order valence-electron chi connectivity index (χ3n) is 8.47. The molecule has 44 heavy (non-hydrogen) atoms. The number of methoxy groups -OCH3 is 1. The fourth-order valence-electron chi connectivity index (χ4n) is 6.38. The van der Waals surface area contributed by atoms with E-state index in [-0.39, 0.29) is 53.0 Å². The number of aliphatic carboxylic acids is 1. The molecule has 0 bridgehead atoms. The van der Waals surface area contributed by atoms with Gasteiger partial charge in [-0.25, -0.2) is 8.78 Å². The van der Waals surface area contributed by atoms with E-state index in [1.165, 1.54) is 23.9 Å². The molecule has 1 amide bonds. The number of fused-ring (bicyclic) bond motifs is 1.